The van der Waals surface area contributed by atoms with Crippen molar-refractivity contribution in [3.05, 3.63) is 60.5 Å². The number of ether oxygens (including phenoxy) is 1. The third-order valence-electron chi connectivity index (χ3n) is 3.29. The smallest absolute Gasteiger partial charge is 0.328 e. The van der Waals surface area contributed by atoms with E-state index in [0.29, 0.717) is 30.3 Å². The first kappa shape index (κ1) is 21.1. The summed E-state index contributed by atoms with van der Waals surface area (Å²) in [5.41, 5.74) is 2.23. The van der Waals surface area contributed by atoms with Gasteiger partial charge in [0, 0.05) is 23.2 Å². The molecule has 8 heteroatoms. The van der Waals surface area contributed by atoms with Crippen LogP contribution in [0.2, 0.25) is 10.0 Å². The standard InChI is InChI=1S/C18H15Br2Cl2NO3/c1-2-23-15-8-12(21)7-11(17(15)22)9-26-18-13(19)5-10(6-14(18)20)3-4-16(24)25/h3-8,23H,2,9H2,1H3,(H,24,25)/b4-3+. The topological polar surface area (TPSA) is 58.6 Å². The normalized spacial score (nSPS) is 11.0. The van der Waals surface area contributed by atoms with Crippen LogP contribution in [0.15, 0.2) is 39.3 Å². The van der Waals surface area contributed by atoms with Crippen LogP contribution in [0.25, 0.3) is 6.08 Å². The molecular formula is C18H15Br2Cl2NO3. The molecule has 0 spiro atoms. The van der Waals surface area contributed by atoms with E-state index in [1.54, 1.807) is 24.3 Å². The second-order valence-electron chi connectivity index (χ2n) is 5.23. The quantitative estimate of drug-likeness (QED) is 0.400. The van der Waals surface area contributed by atoms with Crippen molar-refractivity contribution in [3.8, 4) is 5.75 Å². The minimum atomic E-state index is -1.01. The van der Waals surface area contributed by atoms with E-state index < -0.39 is 5.97 Å². The van der Waals surface area contributed by atoms with Gasteiger partial charge >= 0.3 is 5.97 Å². The lowest BCUT2D eigenvalue weighted by Gasteiger charge is -2.15. The molecule has 4 nitrogen and oxygen atoms in total. The summed E-state index contributed by atoms with van der Waals surface area (Å²) >= 11 is 19.5. The molecule has 26 heavy (non-hydrogen) atoms. The number of carboxylic acids is 1. The lowest BCUT2D eigenvalue weighted by molar-refractivity contribution is -0.131. The van der Waals surface area contributed by atoms with Crippen LogP contribution < -0.4 is 10.1 Å². The number of nitrogens with one attached hydrogen (secondary N) is 1. The van der Waals surface area contributed by atoms with Gasteiger partial charge in [-0.05, 0) is 74.7 Å². The predicted octanol–water partition coefficient (Wildman–Crippen LogP) is 6.63. The van der Waals surface area contributed by atoms with Gasteiger partial charge in [-0.3, -0.25) is 0 Å². The van der Waals surface area contributed by atoms with Crippen LogP contribution in [-0.2, 0) is 11.4 Å². The van der Waals surface area contributed by atoms with E-state index in [9.17, 15) is 4.79 Å². The van der Waals surface area contributed by atoms with E-state index in [1.165, 1.54) is 6.08 Å². The van der Waals surface area contributed by atoms with Crippen LogP contribution >= 0.6 is 55.1 Å². The second kappa shape index (κ2) is 9.65. The van der Waals surface area contributed by atoms with E-state index in [1.807, 2.05) is 6.92 Å². The van der Waals surface area contributed by atoms with Gasteiger partial charge in [0.25, 0.3) is 0 Å². The van der Waals surface area contributed by atoms with E-state index in [4.69, 9.17) is 33.0 Å². The second-order valence-corrected chi connectivity index (χ2v) is 7.75. The highest BCUT2D eigenvalue weighted by molar-refractivity contribution is 9.11. The Bertz CT molecular complexity index is 834. The summed E-state index contributed by atoms with van der Waals surface area (Å²) in [7, 11) is 0. The summed E-state index contributed by atoms with van der Waals surface area (Å²) in [6.45, 7) is 2.92. The Morgan fingerprint density at radius 3 is 2.46 bits per heavy atom. The fraction of sp³-hybridized carbons (Fsp3) is 0.167. The maximum Gasteiger partial charge on any atom is 0.328 e. The number of aliphatic carboxylic acids is 1. The Hall–Kier alpha value is -1.21. The molecule has 0 unspecified atom stereocenters. The molecule has 0 aliphatic heterocycles. The molecule has 2 N–H and O–H groups in total. The SMILES string of the molecule is CCNc1cc(Cl)cc(COc2c(Br)cc(/C=C/C(=O)O)cc2Br)c1Cl. The first-order valence-corrected chi connectivity index (χ1v) is 9.90. The molecule has 0 saturated carbocycles. The Morgan fingerprint density at radius 1 is 1.23 bits per heavy atom. The Kier molecular flexibility index (Phi) is 7.83. The number of anilines is 1. The summed E-state index contributed by atoms with van der Waals surface area (Å²) in [6.07, 6.45) is 2.57. The van der Waals surface area contributed by atoms with Crippen LogP contribution in [0, 0.1) is 0 Å². The summed E-state index contributed by atoms with van der Waals surface area (Å²) < 4.78 is 7.26. The van der Waals surface area contributed by atoms with Gasteiger partial charge in [0.05, 0.1) is 19.7 Å². The molecule has 2 aromatic rings. The van der Waals surface area contributed by atoms with Gasteiger partial charge in [-0.15, -0.1) is 0 Å². The van der Waals surface area contributed by atoms with E-state index in [-0.39, 0.29) is 6.61 Å². The molecule has 0 bridgehead atoms. The molecular weight excluding hydrogens is 509 g/mol. The van der Waals surface area contributed by atoms with Gasteiger partial charge in [-0.1, -0.05) is 23.2 Å². The lowest BCUT2D eigenvalue weighted by atomic mass is 10.2. The van der Waals surface area contributed by atoms with Crippen molar-refractivity contribution in [1.29, 1.82) is 0 Å². The van der Waals surface area contributed by atoms with Crippen LogP contribution in [0.3, 0.4) is 0 Å². The molecule has 0 amide bonds. The largest absolute Gasteiger partial charge is 0.486 e. The fourth-order valence-electron chi connectivity index (χ4n) is 2.20. The molecule has 0 aliphatic rings. The third kappa shape index (κ3) is 5.64. The zero-order chi connectivity index (χ0) is 19.3. The zero-order valence-corrected chi connectivity index (χ0v) is 18.3. The number of halogens is 4. The number of hydrogen-bond acceptors (Lipinski definition) is 3. The van der Waals surface area contributed by atoms with Crippen molar-refractivity contribution >= 4 is 72.8 Å². The molecule has 0 atom stereocenters. The average Bonchev–Trinajstić information content (AvgIpc) is 2.56. The Labute approximate surface area is 178 Å². The van der Waals surface area contributed by atoms with E-state index in [0.717, 1.165) is 23.9 Å². The number of carbonyl (C=O) groups is 1. The maximum absolute atomic E-state index is 10.6. The van der Waals surface area contributed by atoms with Crippen molar-refractivity contribution in [1.82, 2.24) is 0 Å². The molecule has 0 heterocycles. The molecule has 2 rings (SSSR count). The van der Waals surface area contributed by atoms with Crippen LogP contribution in [0.5, 0.6) is 5.75 Å². The maximum atomic E-state index is 10.6. The molecule has 138 valence electrons. The van der Waals surface area contributed by atoms with Crippen molar-refractivity contribution in [3.63, 3.8) is 0 Å². The highest BCUT2D eigenvalue weighted by Crippen LogP contribution is 2.37. The summed E-state index contributed by atoms with van der Waals surface area (Å²) in [4.78, 5) is 10.6. The van der Waals surface area contributed by atoms with Crippen LogP contribution in [0.4, 0.5) is 5.69 Å². The molecule has 0 fully saturated rings. The van der Waals surface area contributed by atoms with Gasteiger partial charge in [-0.2, -0.15) is 0 Å². The van der Waals surface area contributed by atoms with Crippen LogP contribution in [-0.4, -0.2) is 17.6 Å². The minimum absolute atomic E-state index is 0.222. The number of carboxylic acid groups (broad SMARTS) is 1. The Morgan fingerprint density at radius 2 is 1.88 bits per heavy atom. The van der Waals surface area contributed by atoms with E-state index in [2.05, 4.69) is 37.2 Å². The molecule has 0 saturated heterocycles. The first-order valence-electron chi connectivity index (χ1n) is 7.56. The third-order valence-corrected chi connectivity index (χ3v) is 5.13. The lowest BCUT2D eigenvalue weighted by Crippen LogP contribution is -2.02. The number of benzene rings is 2. The van der Waals surface area contributed by atoms with Crippen molar-refractivity contribution in [2.45, 2.75) is 13.5 Å². The molecule has 2 aromatic carbocycles. The van der Waals surface area contributed by atoms with Crippen molar-refractivity contribution < 1.29 is 14.6 Å². The fourth-order valence-corrected chi connectivity index (χ4v) is 4.12. The van der Waals surface area contributed by atoms with E-state index >= 15 is 0 Å². The first-order chi connectivity index (χ1) is 12.3. The molecule has 0 radical (unpaired) electrons. The van der Waals surface area contributed by atoms with Crippen molar-refractivity contribution in [2.24, 2.45) is 0 Å². The van der Waals surface area contributed by atoms with Crippen LogP contribution in [0.1, 0.15) is 18.1 Å². The highest BCUT2D eigenvalue weighted by atomic mass is 79.9. The van der Waals surface area contributed by atoms with Crippen molar-refractivity contribution in [2.75, 3.05) is 11.9 Å². The zero-order valence-electron chi connectivity index (χ0n) is 13.7. The summed E-state index contributed by atoms with van der Waals surface area (Å²) in [6, 6.07) is 7.06. The molecule has 0 aromatic heterocycles. The molecule has 0 aliphatic carbocycles. The van der Waals surface area contributed by atoms with Gasteiger partial charge in [0.1, 0.15) is 12.4 Å². The summed E-state index contributed by atoms with van der Waals surface area (Å²) in [5.74, 6) is -0.428. The average molecular weight is 524 g/mol. The van der Waals surface area contributed by atoms with Gasteiger partial charge in [0.2, 0.25) is 0 Å². The number of rotatable bonds is 7. The predicted molar refractivity (Wildman–Crippen MR) is 113 cm³/mol. The highest BCUT2D eigenvalue weighted by Gasteiger charge is 2.12. The van der Waals surface area contributed by atoms with Gasteiger partial charge in [0.15, 0.2) is 0 Å². The monoisotopic (exact) mass is 521 g/mol. The number of hydrogen-bond donors (Lipinski definition) is 2. The summed E-state index contributed by atoms with van der Waals surface area (Å²) in [5, 5.41) is 13.0. The Balaban J connectivity index is 2.24. The van der Waals surface area contributed by atoms with Gasteiger partial charge < -0.3 is 15.2 Å². The minimum Gasteiger partial charge on any atom is -0.486 e. The van der Waals surface area contributed by atoms with Gasteiger partial charge in [-0.25, -0.2) is 4.79 Å².